The normalized spacial score (nSPS) is 17.8. The van der Waals surface area contributed by atoms with E-state index in [0.717, 1.165) is 23.4 Å². The molecule has 1 N–H and O–H groups in total. The standard InChI is InChI=1S/C24H20F3N3O3/c25-24(26,27)16-10-18(12-20(11-16)33-19-6-9-32-14-19)30-13-15-2-1-3-21(22(15)23(30)31)29-17-4-7-28-8-5-17/h1-5,7-8,10-12,19H,6,9,13-14H2,(H,28,29)/t19-/m1/s1. The maximum absolute atomic E-state index is 13.6. The van der Waals surface area contributed by atoms with Gasteiger partial charge < -0.3 is 19.7 Å². The Balaban J connectivity index is 1.48. The van der Waals surface area contributed by atoms with E-state index in [2.05, 4.69) is 10.3 Å². The summed E-state index contributed by atoms with van der Waals surface area (Å²) in [6.07, 6.45) is -1.05. The summed E-state index contributed by atoms with van der Waals surface area (Å²) in [6, 6.07) is 12.3. The highest BCUT2D eigenvalue weighted by molar-refractivity contribution is 6.13. The second-order valence-corrected chi connectivity index (χ2v) is 7.91. The molecule has 170 valence electrons. The zero-order chi connectivity index (χ0) is 23.0. The SMILES string of the molecule is O=C1c2c(cccc2Nc2ccncc2)CN1c1cc(O[C@@H]2CCOC2)cc(C(F)(F)F)c1. The van der Waals surface area contributed by atoms with E-state index < -0.39 is 11.7 Å². The Morgan fingerprint density at radius 1 is 1.12 bits per heavy atom. The number of anilines is 3. The lowest BCUT2D eigenvalue weighted by atomic mass is 10.1. The summed E-state index contributed by atoms with van der Waals surface area (Å²) >= 11 is 0. The molecule has 6 nitrogen and oxygen atoms in total. The van der Waals surface area contributed by atoms with Gasteiger partial charge in [0.1, 0.15) is 11.9 Å². The van der Waals surface area contributed by atoms with Crippen molar-refractivity contribution in [2.24, 2.45) is 0 Å². The van der Waals surface area contributed by atoms with Crippen molar-refractivity contribution in [1.29, 1.82) is 0 Å². The molecule has 0 radical (unpaired) electrons. The van der Waals surface area contributed by atoms with Gasteiger partial charge in [0.05, 0.1) is 36.6 Å². The number of carbonyl (C=O) groups excluding carboxylic acids is 1. The van der Waals surface area contributed by atoms with Crippen LogP contribution in [-0.2, 0) is 17.5 Å². The molecule has 33 heavy (non-hydrogen) atoms. The summed E-state index contributed by atoms with van der Waals surface area (Å²) in [5, 5.41) is 3.20. The number of carbonyl (C=O) groups is 1. The second kappa shape index (κ2) is 8.40. The molecule has 2 aliphatic rings. The molecular formula is C24H20F3N3O3. The van der Waals surface area contributed by atoms with Gasteiger partial charge in [-0.1, -0.05) is 12.1 Å². The molecule has 0 spiro atoms. The highest BCUT2D eigenvalue weighted by Crippen LogP contribution is 2.39. The Morgan fingerprint density at radius 3 is 2.67 bits per heavy atom. The van der Waals surface area contributed by atoms with Crippen molar-refractivity contribution in [2.45, 2.75) is 25.2 Å². The van der Waals surface area contributed by atoms with E-state index in [0.29, 0.717) is 30.9 Å². The van der Waals surface area contributed by atoms with Gasteiger partial charge in [0.2, 0.25) is 0 Å². The number of nitrogens with one attached hydrogen (secondary N) is 1. The van der Waals surface area contributed by atoms with E-state index in [4.69, 9.17) is 9.47 Å². The molecule has 0 saturated carbocycles. The molecule has 0 bridgehead atoms. The molecule has 1 saturated heterocycles. The van der Waals surface area contributed by atoms with Gasteiger partial charge in [-0.2, -0.15) is 13.2 Å². The molecule has 3 aromatic rings. The first-order valence-electron chi connectivity index (χ1n) is 10.5. The molecule has 1 fully saturated rings. The third kappa shape index (κ3) is 4.36. The van der Waals surface area contributed by atoms with Crippen LogP contribution in [0.2, 0.25) is 0 Å². The number of ether oxygens (including phenoxy) is 2. The molecule has 9 heteroatoms. The molecule has 1 amide bonds. The van der Waals surface area contributed by atoms with Crippen molar-refractivity contribution in [3.63, 3.8) is 0 Å². The van der Waals surface area contributed by atoms with Crippen LogP contribution < -0.4 is 15.0 Å². The van der Waals surface area contributed by atoms with Gasteiger partial charge >= 0.3 is 6.18 Å². The van der Waals surface area contributed by atoms with Gasteiger partial charge in [0.15, 0.2) is 0 Å². The minimum Gasteiger partial charge on any atom is -0.488 e. The number of alkyl halides is 3. The quantitative estimate of drug-likeness (QED) is 0.575. The van der Waals surface area contributed by atoms with Crippen LogP contribution in [0.1, 0.15) is 27.9 Å². The topological polar surface area (TPSA) is 63.7 Å². The molecule has 3 heterocycles. The average molecular weight is 455 g/mol. The van der Waals surface area contributed by atoms with Gasteiger partial charge in [0, 0.05) is 36.3 Å². The van der Waals surface area contributed by atoms with Gasteiger partial charge in [-0.25, -0.2) is 0 Å². The van der Waals surface area contributed by atoms with Crippen molar-refractivity contribution in [2.75, 3.05) is 23.4 Å². The third-order valence-corrected chi connectivity index (χ3v) is 5.62. The zero-order valence-electron chi connectivity index (χ0n) is 17.4. The summed E-state index contributed by atoms with van der Waals surface area (Å²) in [5.41, 5.74) is 1.75. The maximum atomic E-state index is 13.6. The molecule has 1 atom stereocenters. The first-order valence-corrected chi connectivity index (χ1v) is 10.5. The van der Waals surface area contributed by atoms with Crippen LogP contribution in [-0.4, -0.2) is 30.2 Å². The molecule has 0 aliphatic carbocycles. The zero-order valence-corrected chi connectivity index (χ0v) is 17.4. The van der Waals surface area contributed by atoms with E-state index in [1.165, 1.54) is 11.0 Å². The van der Waals surface area contributed by atoms with Crippen LogP contribution in [0.4, 0.5) is 30.2 Å². The number of amides is 1. The van der Waals surface area contributed by atoms with Crippen molar-refractivity contribution >= 4 is 23.0 Å². The number of benzene rings is 2. The molecule has 1 aromatic heterocycles. The van der Waals surface area contributed by atoms with Crippen molar-refractivity contribution in [3.05, 3.63) is 77.6 Å². The largest absolute Gasteiger partial charge is 0.488 e. The van der Waals surface area contributed by atoms with E-state index in [1.807, 2.05) is 0 Å². The van der Waals surface area contributed by atoms with E-state index in [-0.39, 0.29) is 30.0 Å². The Bertz CT molecular complexity index is 1180. The number of hydrogen-bond donors (Lipinski definition) is 1. The van der Waals surface area contributed by atoms with Crippen LogP contribution in [0.25, 0.3) is 0 Å². The van der Waals surface area contributed by atoms with Crippen molar-refractivity contribution in [1.82, 2.24) is 4.98 Å². The molecule has 5 rings (SSSR count). The Kier molecular flexibility index (Phi) is 5.41. The first kappa shape index (κ1) is 21.3. The Labute approximate surface area is 188 Å². The number of rotatable bonds is 5. The Hall–Kier alpha value is -3.59. The predicted molar refractivity (Wildman–Crippen MR) is 116 cm³/mol. The van der Waals surface area contributed by atoms with Gasteiger partial charge in [-0.05, 0) is 35.9 Å². The van der Waals surface area contributed by atoms with Crippen LogP contribution in [0.3, 0.4) is 0 Å². The van der Waals surface area contributed by atoms with Crippen LogP contribution >= 0.6 is 0 Å². The summed E-state index contributed by atoms with van der Waals surface area (Å²) in [5.74, 6) is -0.314. The molecule has 0 unspecified atom stereocenters. The fraction of sp³-hybridized carbons (Fsp3) is 0.250. The summed E-state index contributed by atoms with van der Waals surface area (Å²) in [6.45, 7) is 0.987. The van der Waals surface area contributed by atoms with E-state index in [9.17, 15) is 18.0 Å². The van der Waals surface area contributed by atoms with E-state index >= 15 is 0 Å². The number of pyridine rings is 1. The minimum atomic E-state index is -4.58. The first-order chi connectivity index (χ1) is 15.9. The van der Waals surface area contributed by atoms with E-state index in [1.54, 1.807) is 42.7 Å². The van der Waals surface area contributed by atoms with Gasteiger partial charge in [0.25, 0.3) is 5.91 Å². The smallest absolute Gasteiger partial charge is 0.416 e. The average Bonchev–Trinajstić information content (AvgIpc) is 3.42. The fourth-order valence-corrected chi connectivity index (χ4v) is 4.03. The highest BCUT2D eigenvalue weighted by atomic mass is 19.4. The lowest BCUT2D eigenvalue weighted by Gasteiger charge is -2.21. The number of hydrogen-bond acceptors (Lipinski definition) is 5. The number of aromatic nitrogens is 1. The lowest BCUT2D eigenvalue weighted by molar-refractivity contribution is -0.137. The van der Waals surface area contributed by atoms with Crippen LogP contribution in [0.5, 0.6) is 5.75 Å². The predicted octanol–water partition coefficient (Wildman–Crippen LogP) is 5.17. The Morgan fingerprint density at radius 2 is 1.94 bits per heavy atom. The maximum Gasteiger partial charge on any atom is 0.416 e. The fourth-order valence-electron chi connectivity index (χ4n) is 4.03. The molecule has 2 aliphatic heterocycles. The van der Waals surface area contributed by atoms with Crippen molar-refractivity contribution in [3.8, 4) is 5.75 Å². The number of fused-ring (bicyclic) bond motifs is 1. The van der Waals surface area contributed by atoms with Crippen LogP contribution in [0.15, 0.2) is 60.9 Å². The second-order valence-electron chi connectivity index (χ2n) is 7.91. The number of nitrogens with zero attached hydrogens (tertiary/aromatic N) is 2. The minimum absolute atomic E-state index is 0.0641. The molecular weight excluding hydrogens is 435 g/mol. The molecule has 2 aromatic carbocycles. The summed E-state index contributed by atoms with van der Waals surface area (Å²) in [7, 11) is 0. The van der Waals surface area contributed by atoms with Crippen LogP contribution in [0, 0.1) is 0 Å². The third-order valence-electron chi connectivity index (χ3n) is 5.62. The van der Waals surface area contributed by atoms with Crippen molar-refractivity contribution < 1.29 is 27.4 Å². The van der Waals surface area contributed by atoms with Gasteiger partial charge in [-0.15, -0.1) is 0 Å². The summed E-state index contributed by atoms with van der Waals surface area (Å²) < 4.78 is 51.8. The summed E-state index contributed by atoms with van der Waals surface area (Å²) in [4.78, 5) is 18.7. The number of halogens is 3. The van der Waals surface area contributed by atoms with Gasteiger partial charge in [-0.3, -0.25) is 9.78 Å². The lowest BCUT2D eigenvalue weighted by Crippen LogP contribution is -2.24. The highest BCUT2D eigenvalue weighted by Gasteiger charge is 2.36. The monoisotopic (exact) mass is 455 g/mol.